The lowest BCUT2D eigenvalue weighted by molar-refractivity contribution is -0.384. The number of hydrogen-bond acceptors (Lipinski definition) is 9. The molecule has 0 amide bonds. The van der Waals surface area contributed by atoms with Crippen molar-refractivity contribution >= 4 is 49.2 Å². The smallest absolute Gasteiger partial charge is 0.339 e. The maximum absolute atomic E-state index is 13.0. The van der Waals surface area contributed by atoms with Gasteiger partial charge in [0.1, 0.15) is 4.90 Å². The summed E-state index contributed by atoms with van der Waals surface area (Å²) < 4.78 is 38.3. The maximum atomic E-state index is 13.0. The topological polar surface area (TPSA) is 130 Å². The van der Waals surface area contributed by atoms with Crippen LogP contribution in [0.5, 0.6) is 11.5 Å². The van der Waals surface area contributed by atoms with Crippen LogP contribution in [0.1, 0.15) is 12.5 Å². The Hall–Kier alpha value is -4.29. The molecule has 0 saturated heterocycles. The van der Waals surface area contributed by atoms with Crippen LogP contribution in [0.3, 0.4) is 0 Å². The molecule has 0 unspecified atom stereocenters. The van der Waals surface area contributed by atoms with Crippen molar-refractivity contribution in [1.29, 1.82) is 0 Å². The molecular weight excluding hydrogens is 506 g/mol. The molecule has 0 bridgehead atoms. The first-order valence-electron chi connectivity index (χ1n) is 10.6. The zero-order valence-corrected chi connectivity index (χ0v) is 20.3. The third kappa shape index (κ3) is 4.27. The molecular formula is C24H17N3O7S2. The SMILES string of the molecule is CCOc1cc(/C=c2/sc3nc4ccccc4n3c2=O)ccc1OS(=O)(=O)c1ccc([N+](=O)[O-])cc1. The van der Waals surface area contributed by atoms with Crippen LogP contribution in [0.25, 0.3) is 22.1 Å². The molecule has 182 valence electrons. The predicted octanol–water partition coefficient (Wildman–Crippen LogP) is 3.53. The van der Waals surface area contributed by atoms with Crippen molar-refractivity contribution in [3.05, 3.63) is 97.3 Å². The number of ether oxygens (including phenoxy) is 1. The number of imidazole rings is 1. The van der Waals surface area contributed by atoms with Gasteiger partial charge in [0.15, 0.2) is 16.5 Å². The quantitative estimate of drug-likeness (QED) is 0.180. The summed E-state index contributed by atoms with van der Waals surface area (Å²) in [7, 11) is -4.28. The highest BCUT2D eigenvalue weighted by Crippen LogP contribution is 2.32. The van der Waals surface area contributed by atoms with Crippen molar-refractivity contribution < 1.29 is 22.3 Å². The van der Waals surface area contributed by atoms with Crippen molar-refractivity contribution in [2.24, 2.45) is 0 Å². The van der Waals surface area contributed by atoms with Crippen molar-refractivity contribution in [2.45, 2.75) is 11.8 Å². The largest absolute Gasteiger partial charge is 0.490 e. The number of non-ortho nitro benzene ring substituents is 1. The fraction of sp³-hybridized carbons (Fsp3) is 0.0833. The number of para-hydroxylation sites is 2. The Labute approximate surface area is 207 Å². The van der Waals surface area contributed by atoms with E-state index in [0.29, 0.717) is 15.1 Å². The summed E-state index contributed by atoms with van der Waals surface area (Å²) in [5.41, 5.74) is 1.62. The van der Waals surface area contributed by atoms with E-state index in [0.717, 1.165) is 35.3 Å². The van der Waals surface area contributed by atoms with Gasteiger partial charge in [-0.2, -0.15) is 8.42 Å². The van der Waals surface area contributed by atoms with Gasteiger partial charge in [0.05, 0.1) is 27.1 Å². The Morgan fingerprint density at radius 1 is 1.08 bits per heavy atom. The first kappa shape index (κ1) is 23.5. The van der Waals surface area contributed by atoms with Gasteiger partial charge >= 0.3 is 10.1 Å². The summed E-state index contributed by atoms with van der Waals surface area (Å²) in [6.45, 7) is 1.98. The molecule has 0 spiro atoms. The van der Waals surface area contributed by atoms with Crippen LogP contribution in [0, 0.1) is 10.1 Å². The van der Waals surface area contributed by atoms with Crippen LogP contribution in [0.2, 0.25) is 0 Å². The predicted molar refractivity (Wildman–Crippen MR) is 134 cm³/mol. The van der Waals surface area contributed by atoms with Crippen LogP contribution < -0.4 is 19.0 Å². The van der Waals surface area contributed by atoms with Gasteiger partial charge < -0.3 is 8.92 Å². The Balaban J connectivity index is 1.50. The molecule has 2 aromatic heterocycles. The molecule has 0 radical (unpaired) electrons. The molecule has 5 rings (SSSR count). The molecule has 0 aliphatic carbocycles. The van der Waals surface area contributed by atoms with Gasteiger partial charge in [-0.15, -0.1) is 0 Å². The summed E-state index contributed by atoms with van der Waals surface area (Å²) >= 11 is 1.25. The molecule has 0 N–H and O–H groups in total. The average Bonchev–Trinajstić information content (AvgIpc) is 3.36. The third-order valence-electron chi connectivity index (χ3n) is 5.25. The summed E-state index contributed by atoms with van der Waals surface area (Å²) in [4.78, 5) is 28.1. The van der Waals surface area contributed by atoms with Crippen LogP contribution in [0.4, 0.5) is 5.69 Å². The minimum absolute atomic E-state index is 0.0540. The van der Waals surface area contributed by atoms with E-state index in [4.69, 9.17) is 8.92 Å². The number of nitro groups is 1. The third-order valence-corrected chi connectivity index (χ3v) is 7.46. The molecule has 2 heterocycles. The number of rotatable bonds is 7. The van der Waals surface area contributed by atoms with E-state index in [1.165, 1.54) is 17.4 Å². The van der Waals surface area contributed by atoms with Gasteiger partial charge in [0, 0.05) is 12.1 Å². The van der Waals surface area contributed by atoms with Crippen molar-refractivity contribution in [1.82, 2.24) is 9.38 Å². The Morgan fingerprint density at radius 2 is 1.83 bits per heavy atom. The lowest BCUT2D eigenvalue weighted by Crippen LogP contribution is -2.22. The van der Waals surface area contributed by atoms with Crippen LogP contribution in [-0.2, 0) is 10.1 Å². The fourth-order valence-corrected chi connectivity index (χ4v) is 5.54. The van der Waals surface area contributed by atoms with Crippen LogP contribution >= 0.6 is 11.3 Å². The van der Waals surface area contributed by atoms with E-state index in [9.17, 15) is 23.3 Å². The van der Waals surface area contributed by atoms with Gasteiger partial charge in [0.25, 0.3) is 11.2 Å². The number of hydrogen-bond donors (Lipinski definition) is 0. The highest BCUT2D eigenvalue weighted by Gasteiger charge is 2.21. The molecule has 0 fully saturated rings. The number of thiazole rings is 1. The number of fused-ring (bicyclic) bond motifs is 3. The highest BCUT2D eigenvalue weighted by atomic mass is 32.2. The molecule has 5 aromatic rings. The van der Waals surface area contributed by atoms with E-state index in [2.05, 4.69) is 4.98 Å². The second-order valence-electron chi connectivity index (χ2n) is 7.56. The van der Waals surface area contributed by atoms with Gasteiger partial charge in [-0.3, -0.25) is 14.9 Å². The second-order valence-corrected chi connectivity index (χ2v) is 10.1. The van der Waals surface area contributed by atoms with E-state index in [-0.39, 0.29) is 34.2 Å². The number of nitrogens with zero attached hydrogens (tertiary/aromatic N) is 3. The van der Waals surface area contributed by atoms with E-state index in [1.54, 1.807) is 29.5 Å². The van der Waals surface area contributed by atoms with Gasteiger partial charge in [-0.1, -0.05) is 29.5 Å². The van der Waals surface area contributed by atoms with Crippen LogP contribution in [-0.4, -0.2) is 29.3 Å². The Kier molecular flexibility index (Phi) is 5.90. The fourth-order valence-electron chi connectivity index (χ4n) is 3.62. The maximum Gasteiger partial charge on any atom is 0.339 e. The standard InChI is InChI=1S/C24H17N3O7S2/c1-2-33-21-13-15(14-22-23(28)26-19-6-4-3-5-18(19)25-24(26)35-22)7-12-20(21)34-36(31,32)17-10-8-16(9-11-17)27(29)30/h3-14H,2H2,1H3/b22-14+. The summed E-state index contributed by atoms with van der Waals surface area (Å²) in [5.74, 6) is 0.109. The monoisotopic (exact) mass is 523 g/mol. The summed E-state index contributed by atoms with van der Waals surface area (Å²) in [6.07, 6.45) is 1.67. The molecule has 12 heteroatoms. The lowest BCUT2D eigenvalue weighted by Gasteiger charge is -2.12. The Morgan fingerprint density at radius 3 is 2.56 bits per heavy atom. The molecule has 0 atom stereocenters. The second kappa shape index (κ2) is 9.06. The zero-order chi connectivity index (χ0) is 25.4. The van der Waals surface area contributed by atoms with Gasteiger partial charge in [-0.25, -0.2) is 9.38 Å². The van der Waals surface area contributed by atoms with E-state index < -0.39 is 15.0 Å². The van der Waals surface area contributed by atoms with Crippen molar-refractivity contribution in [3.8, 4) is 11.5 Å². The highest BCUT2D eigenvalue weighted by molar-refractivity contribution is 7.87. The van der Waals surface area contributed by atoms with Gasteiger partial charge in [0.2, 0.25) is 0 Å². The molecule has 0 aliphatic heterocycles. The lowest BCUT2D eigenvalue weighted by atomic mass is 10.2. The number of benzene rings is 3. The normalized spacial score (nSPS) is 12.3. The number of aromatic nitrogens is 2. The first-order valence-corrected chi connectivity index (χ1v) is 12.9. The molecule has 0 saturated carbocycles. The average molecular weight is 524 g/mol. The number of nitro benzene ring substituents is 1. The van der Waals surface area contributed by atoms with Crippen molar-refractivity contribution in [3.63, 3.8) is 0 Å². The summed E-state index contributed by atoms with van der Waals surface area (Å²) in [5, 5.41) is 10.8. The van der Waals surface area contributed by atoms with Crippen molar-refractivity contribution in [2.75, 3.05) is 6.61 Å². The van der Waals surface area contributed by atoms with E-state index in [1.807, 2.05) is 24.3 Å². The first-order chi connectivity index (χ1) is 17.3. The molecule has 3 aromatic carbocycles. The zero-order valence-electron chi connectivity index (χ0n) is 18.7. The Bertz CT molecular complexity index is 1840. The summed E-state index contributed by atoms with van der Waals surface area (Å²) in [6, 6.07) is 16.3. The minimum atomic E-state index is -4.28. The minimum Gasteiger partial charge on any atom is -0.490 e. The van der Waals surface area contributed by atoms with Gasteiger partial charge in [-0.05, 0) is 55.0 Å². The van der Waals surface area contributed by atoms with E-state index >= 15 is 0 Å². The molecule has 0 aliphatic rings. The van der Waals surface area contributed by atoms with Crippen LogP contribution in [0.15, 0.2) is 76.4 Å². The molecule has 10 nitrogen and oxygen atoms in total. The molecule has 36 heavy (non-hydrogen) atoms.